The minimum atomic E-state index is 0.338. The summed E-state index contributed by atoms with van der Waals surface area (Å²) in [6.07, 6.45) is 6.03. The summed E-state index contributed by atoms with van der Waals surface area (Å²) in [5.41, 5.74) is 2.32. The maximum atomic E-state index is 4.34. The number of fused-ring (bicyclic) bond motifs is 1. The second kappa shape index (κ2) is 7.14. The summed E-state index contributed by atoms with van der Waals surface area (Å²) in [5, 5.41) is 20.5. The van der Waals surface area contributed by atoms with Crippen molar-refractivity contribution in [3.63, 3.8) is 0 Å². The molecule has 0 amide bonds. The second-order valence-electron chi connectivity index (χ2n) is 6.57. The number of likely N-dealkylation sites (N-methyl/N-ethyl adjacent to an activating group) is 1. The Morgan fingerprint density at radius 2 is 2.00 bits per heavy atom. The van der Waals surface area contributed by atoms with Crippen LogP contribution >= 0.6 is 0 Å². The monoisotopic (exact) mass is 337 g/mol. The van der Waals surface area contributed by atoms with Gasteiger partial charge >= 0.3 is 0 Å². The minimum absolute atomic E-state index is 0.338. The highest BCUT2D eigenvalue weighted by Gasteiger charge is 2.18. The number of rotatable bonds is 7. The molecule has 0 bridgehead atoms. The van der Waals surface area contributed by atoms with E-state index in [9.17, 15) is 0 Å². The molecule has 0 radical (unpaired) electrons. The quantitative estimate of drug-likeness (QED) is 0.702. The lowest BCUT2D eigenvalue weighted by atomic mass is 10.0. The molecule has 0 spiro atoms. The Balaban J connectivity index is 1.40. The van der Waals surface area contributed by atoms with Crippen LogP contribution in [0.15, 0.2) is 36.5 Å². The fraction of sp³-hybridized carbons (Fsp3) is 0.444. The predicted octanol–water partition coefficient (Wildman–Crippen LogP) is 1.24. The van der Waals surface area contributed by atoms with E-state index in [1.807, 2.05) is 24.0 Å². The van der Waals surface area contributed by atoms with Gasteiger partial charge < -0.3 is 9.88 Å². The SMILES string of the molecule is CNC(Cc1ccccc1)Cc1cn(Cc2nnc3n2CCC3)nn1. The first-order valence-electron chi connectivity index (χ1n) is 8.83. The molecule has 1 aromatic carbocycles. The van der Waals surface area contributed by atoms with Crippen LogP contribution in [0.1, 0.15) is 29.3 Å². The molecular weight excluding hydrogens is 314 g/mol. The van der Waals surface area contributed by atoms with Gasteiger partial charge in [-0.05, 0) is 25.5 Å². The van der Waals surface area contributed by atoms with Gasteiger partial charge in [0.1, 0.15) is 12.4 Å². The van der Waals surface area contributed by atoms with Crippen molar-refractivity contribution in [1.82, 2.24) is 35.1 Å². The van der Waals surface area contributed by atoms with Gasteiger partial charge in [0.15, 0.2) is 5.82 Å². The maximum Gasteiger partial charge on any atom is 0.154 e. The van der Waals surface area contributed by atoms with E-state index in [0.717, 1.165) is 49.6 Å². The Hall–Kier alpha value is -2.54. The average molecular weight is 337 g/mol. The van der Waals surface area contributed by atoms with Gasteiger partial charge in [0.05, 0.1) is 5.69 Å². The molecule has 0 aliphatic carbocycles. The molecule has 7 nitrogen and oxygen atoms in total. The first-order chi connectivity index (χ1) is 12.3. The summed E-state index contributed by atoms with van der Waals surface area (Å²) in [4.78, 5) is 0. The van der Waals surface area contributed by atoms with Crippen LogP contribution in [-0.4, -0.2) is 42.8 Å². The van der Waals surface area contributed by atoms with Crippen LogP contribution in [-0.2, 0) is 32.4 Å². The molecule has 0 fully saturated rings. The highest BCUT2D eigenvalue weighted by atomic mass is 15.4. The Kier molecular flexibility index (Phi) is 4.56. The number of benzene rings is 1. The van der Waals surface area contributed by atoms with Gasteiger partial charge in [0, 0.05) is 31.6 Å². The molecule has 0 saturated heterocycles. The maximum absolute atomic E-state index is 4.34. The number of nitrogens with one attached hydrogen (secondary N) is 1. The van der Waals surface area contributed by atoms with Gasteiger partial charge in [0.2, 0.25) is 0 Å². The van der Waals surface area contributed by atoms with E-state index in [-0.39, 0.29) is 0 Å². The topological polar surface area (TPSA) is 73.5 Å². The van der Waals surface area contributed by atoms with E-state index in [0.29, 0.717) is 12.6 Å². The van der Waals surface area contributed by atoms with Crippen molar-refractivity contribution >= 4 is 0 Å². The summed E-state index contributed by atoms with van der Waals surface area (Å²) < 4.78 is 4.06. The molecule has 1 unspecified atom stereocenters. The van der Waals surface area contributed by atoms with Gasteiger partial charge in [-0.1, -0.05) is 35.5 Å². The van der Waals surface area contributed by atoms with Crippen molar-refractivity contribution in [2.75, 3.05) is 7.05 Å². The molecule has 25 heavy (non-hydrogen) atoms. The number of hydrogen-bond acceptors (Lipinski definition) is 5. The number of aromatic nitrogens is 6. The van der Waals surface area contributed by atoms with Crippen molar-refractivity contribution in [1.29, 1.82) is 0 Å². The zero-order chi connectivity index (χ0) is 17.1. The lowest BCUT2D eigenvalue weighted by molar-refractivity contribution is 0.549. The highest BCUT2D eigenvalue weighted by Crippen LogP contribution is 2.15. The molecule has 3 heterocycles. The lowest BCUT2D eigenvalue weighted by Crippen LogP contribution is -2.30. The number of hydrogen-bond donors (Lipinski definition) is 1. The normalized spacial score (nSPS) is 14.6. The average Bonchev–Trinajstić information content (AvgIpc) is 3.35. The molecule has 1 atom stereocenters. The van der Waals surface area contributed by atoms with Crippen molar-refractivity contribution in [2.24, 2.45) is 0 Å². The molecule has 0 saturated carbocycles. The van der Waals surface area contributed by atoms with Gasteiger partial charge in [-0.3, -0.25) is 0 Å². The summed E-state index contributed by atoms with van der Waals surface area (Å²) in [7, 11) is 2.00. The zero-order valence-electron chi connectivity index (χ0n) is 14.5. The summed E-state index contributed by atoms with van der Waals surface area (Å²) >= 11 is 0. The van der Waals surface area contributed by atoms with Crippen LogP contribution in [0.25, 0.3) is 0 Å². The van der Waals surface area contributed by atoms with E-state index in [4.69, 9.17) is 0 Å². The second-order valence-corrected chi connectivity index (χ2v) is 6.57. The summed E-state index contributed by atoms with van der Waals surface area (Å²) in [6, 6.07) is 10.9. The van der Waals surface area contributed by atoms with Crippen LogP contribution in [0.5, 0.6) is 0 Å². The first-order valence-corrected chi connectivity index (χ1v) is 8.83. The zero-order valence-corrected chi connectivity index (χ0v) is 14.5. The van der Waals surface area contributed by atoms with E-state index in [1.54, 1.807) is 0 Å². The third-order valence-electron chi connectivity index (χ3n) is 4.76. The Bertz CT molecular complexity index is 821. The fourth-order valence-corrected chi connectivity index (χ4v) is 3.41. The van der Waals surface area contributed by atoms with E-state index < -0.39 is 0 Å². The van der Waals surface area contributed by atoms with Gasteiger partial charge in [0.25, 0.3) is 0 Å². The summed E-state index contributed by atoms with van der Waals surface area (Å²) in [5.74, 6) is 2.06. The third-order valence-corrected chi connectivity index (χ3v) is 4.76. The van der Waals surface area contributed by atoms with E-state index >= 15 is 0 Å². The van der Waals surface area contributed by atoms with Crippen LogP contribution in [0.4, 0.5) is 0 Å². The predicted molar refractivity (Wildman–Crippen MR) is 94.2 cm³/mol. The Morgan fingerprint density at radius 3 is 2.84 bits per heavy atom. The molecule has 130 valence electrons. The molecule has 2 aromatic heterocycles. The van der Waals surface area contributed by atoms with Crippen LogP contribution < -0.4 is 5.32 Å². The summed E-state index contributed by atoms with van der Waals surface area (Å²) in [6.45, 7) is 1.64. The third kappa shape index (κ3) is 3.61. The van der Waals surface area contributed by atoms with Crippen molar-refractivity contribution in [3.05, 3.63) is 59.4 Å². The van der Waals surface area contributed by atoms with Crippen LogP contribution in [0.3, 0.4) is 0 Å². The lowest BCUT2D eigenvalue weighted by Gasteiger charge is -2.14. The van der Waals surface area contributed by atoms with Crippen LogP contribution in [0, 0.1) is 0 Å². The molecule has 1 aliphatic heterocycles. The van der Waals surface area contributed by atoms with Gasteiger partial charge in [-0.15, -0.1) is 15.3 Å². The minimum Gasteiger partial charge on any atom is -0.316 e. The largest absolute Gasteiger partial charge is 0.316 e. The Morgan fingerprint density at radius 1 is 1.12 bits per heavy atom. The standard InChI is InChI=1S/C18H23N7/c1-19-15(10-14-6-3-2-4-7-14)11-16-12-24(23-20-16)13-18-22-21-17-8-5-9-25(17)18/h2-4,6-7,12,15,19H,5,8-11,13H2,1H3. The fourth-order valence-electron chi connectivity index (χ4n) is 3.41. The molecule has 3 aromatic rings. The van der Waals surface area contributed by atoms with E-state index in [1.165, 1.54) is 5.56 Å². The molecular formula is C18H23N7. The first kappa shape index (κ1) is 16.0. The smallest absolute Gasteiger partial charge is 0.154 e. The molecule has 4 rings (SSSR count). The molecule has 7 heteroatoms. The van der Waals surface area contributed by atoms with Gasteiger partial charge in [-0.2, -0.15) is 0 Å². The number of aryl methyl sites for hydroxylation is 1. The van der Waals surface area contributed by atoms with Crippen molar-refractivity contribution < 1.29 is 0 Å². The van der Waals surface area contributed by atoms with Gasteiger partial charge in [-0.25, -0.2) is 4.68 Å². The Labute approximate surface area is 147 Å². The van der Waals surface area contributed by atoms with Crippen molar-refractivity contribution in [2.45, 2.75) is 44.8 Å². The van der Waals surface area contributed by atoms with E-state index in [2.05, 4.69) is 54.7 Å². The van der Waals surface area contributed by atoms with Crippen molar-refractivity contribution in [3.8, 4) is 0 Å². The molecule has 1 aliphatic rings. The molecule has 1 N–H and O–H groups in total. The highest BCUT2D eigenvalue weighted by molar-refractivity contribution is 5.16. The van der Waals surface area contributed by atoms with Crippen LogP contribution in [0.2, 0.25) is 0 Å². The number of nitrogens with zero attached hydrogens (tertiary/aromatic N) is 6.